The van der Waals surface area contributed by atoms with Crippen LogP contribution >= 0.6 is 0 Å². The topological polar surface area (TPSA) is 79.7 Å². The Morgan fingerprint density at radius 1 is 1.36 bits per heavy atom. The zero-order chi connectivity index (χ0) is 17.2. The van der Waals surface area contributed by atoms with Gasteiger partial charge in [0, 0.05) is 13.0 Å². The van der Waals surface area contributed by atoms with Crippen molar-refractivity contribution < 1.29 is 4.79 Å². The Morgan fingerprint density at radius 2 is 2.28 bits per heavy atom. The average Bonchev–Trinajstić information content (AvgIpc) is 3.28. The van der Waals surface area contributed by atoms with E-state index in [1.807, 2.05) is 11.0 Å². The number of piperidine rings is 1. The molecule has 4 rings (SSSR count). The normalized spacial score (nSPS) is 18.0. The highest BCUT2D eigenvalue weighted by atomic mass is 16.2. The van der Waals surface area contributed by atoms with E-state index in [0.717, 1.165) is 42.7 Å². The second-order valence-electron chi connectivity index (χ2n) is 6.65. The van der Waals surface area contributed by atoms with Crippen LogP contribution in [0.2, 0.25) is 0 Å². The van der Waals surface area contributed by atoms with Crippen molar-refractivity contribution in [2.75, 3.05) is 6.54 Å². The van der Waals surface area contributed by atoms with Crippen molar-refractivity contribution in [2.45, 2.75) is 45.2 Å². The molecule has 1 atom stereocenters. The molecule has 7 nitrogen and oxygen atoms in total. The maximum Gasteiger partial charge on any atom is 0.225 e. The van der Waals surface area contributed by atoms with E-state index in [1.165, 1.54) is 11.9 Å². The number of hydrogen-bond acceptors (Lipinski definition) is 4. The Kier molecular flexibility index (Phi) is 4.21. The molecule has 2 aromatic heterocycles. The maximum atomic E-state index is 12.8. The first-order valence-electron chi connectivity index (χ1n) is 8.79. The summed E-state index contributed by atoms with van der Waals surface area (Å²) in [5.74, 6) is 1.05. The van der Waals surface area contributed by atoms with Gasteiger partial charge < -0.3 is 9.88 Å². The number of nitrogens with zero attached hydrogens (tertiary/aromatic N) is 5. The third kappa shape index (κ3) is 3.26. The number of amides is 1. The number of imidazole rings is 1. The molecule has 7 heteroatoms. The van der Waals surface area contributed by atoms with Crippen molar-refractivity contribution in [2.24, 2.45) is 0 Å². The Bertz CT molecular complexity index is 869. The van der Waals surface area contributed by atoms with E-state index in [2.05, 4.69) is 34.1 Å². The van der Waals surface area contributed by atoms with Gasteiger partial charge in [-0.3, -0.25) is 9.48 Å². The molecule has 1 fully saturated rings. The standard InChI is InChI=1S/C18H22N6O/c1-13-5-6-14-15(10-13)22-18(21-14)16-4-2-3-8-24(16)17(25)7-9-23-12-19-11-20-23/h5-6,10-12,16H,2-4,7-9H2,1H3,(H,21,22)/t16-/m0/s1. The Hall–Kier alpha value is -2.70. The highest BCUT2D eigenvalue weighted by molar-refractivity contribution is 5.78. The van der Waals surface area contributed by atoms with Crippen LogP contribution in [0.3, 0.4) is 0 Å². The monoisotopic (exact) mass is 338 g/mol. The fraction of sp³-hybridized carbons (Fsp3) is 0.444. The summed E-state index contributed by atoms with van der Waals surface area (Å²) in [6, 6.07) is 6.23. The average molecular weight is 338 g/mol. The number of carbonyl (C=O) groups is 1. The molecule has 0 bridgehead atoms. The zero-order valence-corrected chi connectivity index (χ0v) is 14.4. The van der Waals surface area contributed by atoms with Crippen molar-refractivity contribution in [1.82, 2.24) is 29.6 Å². The molecular weight excluding hydrogens is 316 g/mol. The van der Waals surface area contributed by atoms with E-state index in [9.17, 15) is 4.79 Å². The summed E-state index contributed by atoms with van der Waals surface area (Å²) in [6.45, 7) is 3.42. The van der Waals surface area contributed by atoms with Gasteiger partial charge in [0.25, 0.3) is 0 Å². The summed E-state index contributed by atoms with van der Waals surface area (Å²) in [5, 5.41) is 4.06. The first-order chi connectivity index (χ1) is 12.2. The lowest BCUT2D eigenvalue weighted by Gasteiger charge is -2.34. The fourth-order valence-corrected chi connectivity index (χ4v) is 3.52. The number of likely N-dealkylation sites (tertiary alicyclic amines) is 1. The van der Waals surface area contributed by atoms with Crippen LogP contribution in [-0.4, -0.2) is 42.1 Å². The van der Waals surface area contributed by atoms with E-state index in [4.69, 9.17) is 4.98 Å². The number of H-pyrrole nitrogens is 1. The van der Waals surface area contributed by atoms with Crippen LogP contribution in [0.25, 0.3) is 11.0 Å². The Morgan fingerprint density at radius 3 is 3.12 bits per heavy atom. The Labute approximate surface area is 146 Å². The summed E-state index contributed by atoms with van der Waals surface area (Å²) in [4.78, 5) is 26.8. The highest BCUT2D eigenvalue weighted by Gasteiger charge is 2.29. The van der Waals surface area contributed by atoms with Gasteiger partial charge >= 0.3 is 0 Å². The lowest BCUT2D eigenvalue weighted by molar-refractivity contribution is -0.135. The van der Waals surface area contributed by atoms with Gasteiger partial charge in [0.1, 0.15) is 18.5 Å². The Balaban J connectivity index is 1.54. The quantitative estimate of drug-likeness (QED) is 0.793. The minimum atomic E-state index is 0.0321. The minimum absolute atomic E-state index is 0.0321. The summed E-state index contributed by atoms with van der Waals surface area (Å²) in [5.41, 5.74) is 3.20. The minimum Gasteiger partial charge on any atom is -0.340 e. The van der Waals surface area contributed by atoms with Crippen LogP contribution in [0.4, 0.5) is 0 Å². The second kappa shape index (κ2) is 6.66. The lowest BCUT2D eigenvalue weighted by Crippen LogP contribution is -2.39. The summed E-state index contributed by atoms with van der Waals surface area (Å²) in [6.07, 6.45) is 6.68. The highest BCUT2D eigenvalue weighted by Crippen LogP contribution is 2.31. The molecule has 130 valence electrons. The number of nitrogens with one attached hydrogen (secondary N) is 1. The molecule has 0 saturated carbocycles. The van der Waals surface area contributed by atoms with Gasteiger partial charge in [0.05, 0.1) is 23.6 Å². The SMILES string of the molecule is Cc1ccc2nc([C@@H]3CCCCN3C(=O)CCn3cncn3)[nH]c2c1. The molecular formula is C18H22N6O. The summed E-state index contributed by atoms with van der Waals surface area (Å²) in [7, 11) is 0. The second-order valence-corrected chi connectivity index (χ2v) is 6.65. The molecule has 3 heterocycles. The van der Waals surface area contributed by atoms with Crippen LogP contribution in [0.15, 0.2) is 30.9 Å². The number of rotatable bonds is 4. The first-order valence-corrected chi connectivity index (χ1v) is 8.79. The van der Waals surface area contributed by atoms with Crippen LogP contribution in [0, 0.1) is 6.92 Å². The number of fused-ring (bicyclic) bond motifs is 1. The first kappa shape index (κ1) is 15.8. The van der Waals surface area contributed by atoms with Gasteiger partial charge in [0.15, 0.2) is 0 Å². The van der Waals surface area contributed by atoms with Gasteiger partial charge in [-0.1, -0.05) is 6.07 Å². The number of aromatic amines is 1. The molecule has 1 amide bonds. The third-order valence-corrected chi connectivity index (χ3v) is 4.82. The summed E-state index contributed by atoms with van der Waals surface area (Å²) < 4.78 is 1.70. The molecule has 25 heavy (non-hydrogen) atoms. The van der Waals surface area contributed by atoms with Crippen LogP contribution < -0.4 is 0 Å². The van der Waals surface area contributed by atoms with E-state index in [-0.39, 0.29) is 11.9 Å². The van der Waals surface area contributed by atoms with Gasteiger partial charge in [-0.2, -0.15) is 5.10 Å². The predicted molar refractivity (Wildman–Crippen MR) is 93.8 cm³/mol. The number of hydrogen-bond donors (Lipinski definition) is 1. The summed E-state index contributed by atoms with van der Waals surface area (Å²) >= 11 is 0. The number of aromatic nitrogens is 5. The van der Waals surface area contributed by atoms with Gasteiger partial charge in [-0.05, 0) is 43.9 Å². The van der Waals surface area contributed by atoms with Crippen LogP contribution in [-0.2, 0) is 11.3 Å². The fourth-order valence-electron chi connectivity index (χ4n) is 3.52. The predicted octanol–water partition coefficient (Wildman–Crippen LogP) is 2.61. The molecule has 0 unspecified atom stereocenters. The van der Waals surface area contributed by atoms with Crippen LogP contribution in [0.5, 0.6) is 0 Å². The molecule has 1 aliphatic heterocycles. The molecule has 1 aliphatic rings. The maximum absolute atomic E-state index is 12.8. The van der Waals surface area contributed by atoms with E-state index < -0.39 is 0 Å². The molecule has 0 spiro atoms. The van der Waals surface area contributed by atoms with Crippen LogP contribution in [0.1, 0.15) is 43.1 Å². The zero-order valence-electron chi connectivity index (χ0n) is 14.4. The molecule has 1 aromatic carbocycles. The molecule has 0 radical (unpaired) electrons. The molecule has 1 saturated heterocycles. The molecule has 3 aromatic rings. The van der Waals surface area contributed by atoms with Crippen molar-refractivity contribution >= 4 is 16.9 Å². The number of aryl methyl sites for hydroxylation is 2. The smallest absolute Gasteiger partial charge is 0.225 e. The van der Waals surface area contributed by atoms with E-state index in [0.29, 0.717) is 13.0 Å². The van der Waals surface area contributed by atoms with Gasteiger partial charge in [0.2, 0.25) is 5.91 Å². The van der Waals surface area contributed by atoms with E-state index in [1.54, 1.807) is 11.0 Å². The molecule has 1 N–H and O–H groups in total. The third-order valence-electron chi connectivity index (χ3n) is 4.82. The van der Waals surface area contributed by atoms with Crippen molar-refractivity contribution in [3.63, 3.8) is 0 Å². The van der Waals surface area contributed by atoms with E-state index >= 15 is 0 Å². The van der Waals surface area contributed by atoms with Crippen molar-refractivity contribution in [3.8, 4) is 0 Å². The number of carbonyl (C=O) groups excluding carboxylic acids is 1. The number of benzene rings is 1. The largest absolute Gasteiger partial charge is 0.340 e. The van der Waals surface area contributed by atoms with Gasteiger partial charge in [-0.25, -0.2) is 9.97 Å². The lowest BCUT2D eigenvalue weighted by atomic mass is 10.0. The van der Waals surface area contributed by atoms with Crippen molar-refractivity contribution in [3.05, 3.63) is 42.2 Å². The molecule has 0 aliphatic carbocycles. The van der Waals surface area contributed by atoms with Gasteiger partial charge in [-0.15, -0.1) is 0 Å². The van der Waals surface area contributed by atoms with Crippen molar-refractivity contribution in [1.29, 1.82) is 0 Å².